The average molecular weight is 485 g/mol. The topological polar surface area (TPSA) is 58.9 Å². The number of rotatable bonds is 18. The molecule has 0 spiro atoms. The van der Waals surface area contributed by atoms with E-state index >= 15 is 0 Å². The van der Waals surface area contributed by atoms with Gasteiger partial charge in [-0.05, 0) is 60.8 Å². The van der Waals surface area contributed by atoms with Crippen molar-refractivity contribution in [3.63, 3.8) is 0 Å². The molecule has 4 heteroatoms. The van der Waals surface area contributed by atoms with Crippen LogP contribution in [0.5, 0.6) is 0 Å². The Morgan fingerprint density at radius 3 is 1.37 bits per heavy atom. The van der Waals surface area contributed by atoms with Crippen LogP contribution in [0.4, 0.5) is 0 Å². The van der Waals surface area contributed by atoms with Crippen molar-refractivity contribution >= 4 is 0 Å². The van der Waals surface area contributed by atoms with Crippen LogP contribution < -0.4 is 0 Å². The molecule has 0 aliphatic carbocycles. The van der Waals surface area contributed by atoms with E-state index in [1.807, 2.05) is 0 Å². The molecule has 0 saturated carbocycles. The largest absolute Gasteiger partial charge is 0.391 e. The van der Waals surface area contributed by atoms with Gasteiger partial charge in [0.15, 0.2) is 0 Å². The van der Waals surface area contributed by atoms with Gasteiger partial charge in [-0.3, -0.25) is 0 Å². The molecule has 0 saturated heterocycles. The molecule has 0 aliphatic heterocycles. The minimum atomic E-state index is -0.333. The standard InChI is InChI=1S/C31H48O4/c1-5-9-29(32)23-34-21-7-11-25-13-17-27(18-14-25)31(3,4)28-19-15-26(16-20-28)12-8-22-35-24-30(33)10-6-2/h13-20,29-30,32-33H,5-12,21-24H2,1-4H3. The molecule has 0 aromatic heterocycles. The zero-order chi connectivity index (χ0) is 25.5. The molecule has 196 valence electrons. The molecule has 35 heavy (non-hydrogen) atoms. The first kappa shape index (κ1) is 29.5. The van der Waals surface area contributed by atoms with Crippen LogP contribution in [0, 0.1) is 0 Å². The molecule has 2 rings (SSSR count). The number of aliphatic hydroxyl groups is 2. The van der Waals surface area contributed by atoms with E-state index in [9.17, 15) is 10.2 Å². The highest BCUT2D eigenvalue weighted by Crippen LogP contribution is 2.32. The zero-order valence-electron chi connectivity index (χ0n) is 22.5. The first-order valence-corrected chi connectivity index (χ1v) is 13.6. The number of aryl methyl sites for hydroxylation is 2. The van der Waals surface area contributed by atoms with Gasteiger partial charge in [-0.15, -0.1) is 0 Å². The van der Waals surface area contributed by atoms with E-state index in [0.29, 0.717) is 26.4 Å². The summed E-state index contributed by atoms with van der Waals surface area (Å²) < 4.78 is 11.2. The SMILES string of the molecule is CCCC(O)COCCCc1ccc(C(C)(C)c2ccc(CCCOCC(O)CCC)cc2)cc1. The van der Waals surface area contributed by atoms with Gasteiger partial charge in [0.1, 0.15) is 0 Å². The third-order valence-electron chi connectivity index (χ3n) is 6.72. The number of hydrogen-bond acceptors (Lipinski definition) is 4. The molecule has 0 bridgehead atoms. The second-order valence-electron chi connectivity index (χ2n) is 10.3. The van der Waals surface area contributed by atoms with Gasteiger partial charge in [-0.2, -0.15) is 0 Å². The number of ether oxygens (including phenoxy) is 2. The van der Waals surface area contributed by atoms with E-state index < -0.39 is 0 Å². The lowest BCUT2D eigenvalue weighted by Crippen LogP contribution is -2.19. The van der Waals surface area contributed by atoms with E-state index in [1.54, 1.807) is 0 Å². The second kappa shape index (κ2) is 16.1. The van der Waals surface area contributed by atoms with Crippen LogP contribution in [-0.4, -0.2) is 48.8 Å². The monoisotopic (exact) mass is 484 g/mol. The van der Waals surface area contributed by atoms with Gasteiger partial charge < -0.3 is 19.7 Å². The smallest absolute Gasteiger partial charge is 0.0773 e. The normalized spacial score (nSPS) is 13.7. The molecule has 0 heterocycles. The van der Waals surface area contributed by atoms with Crippen molar-refractivity contribution in [2.45, 2.75) is 96.7 Å². The van der Waals surface area contributed by atoms with Crippen LogP contribution in [0.1, 0.15) is 88.5 Å². The van der Waals surface area contributed by atoms with Crippen LogP contribution in [-0.2, 0) is 27.7 Å². The quantitative estimate of drug-likeness (QED) is 0.246. The fourth-order valence-corrected chi connectivity index (χ4v) is 4.37. The molecule has 0 aliphatic rings. The molecule has 2 aromatic rings. The van der Waals surface area contributed by atoms with Crippen molar-refractivity contribution in [1.82, 2.24) is 0 Å². The van der Waals surface area contributed by atoms with Crippen molar-refractivity contribution in [3.8, 4) is 0 Å². The summed E-state index contributed by atoms with van der Waals surface area (Å²) >= 11 is 0. The Hall–Kier alpha value is -1.72. The predicted molar refractivity (Wildman–Crippen MR) is 145 cm³/mol. The fraction of sp³-hybridized carbons (Fsp3) is 0.613. The lowest BCUT2D eigenvalue weighted by atomic mass is 9.77. The Morgan fingerprint density at radius 2 is 1.03 bits per heavy atom. The molecule has 0 radical (unpaired) electrons. The minimum Gasteiger partial charge on any atom is -0.391 e. The molecule has 2 atom stereocenters. The summed E-state index contributed by atoms with van der Waals surface area (Å²) in [6.45, 7) is 11.0. The van der Waals surface area contributed by atoms with E-state index in [2.05, 4.69) is 76.2 Å². The van der Waals surface area contributed by atoms with Crippen LogP contribution in [0.25, 0.3) is 0 Å². The molecule has 0 amide bonds. The van der Waals surface area contributed by atoms with Crippen LogP contribution in [0.15, 0.2) is 48.5 Å². The fourth-order valence-electron chi connectivity index (χ4n) is 4.37. The van der Waals surface area contributed by atoms with Gasteiger partial charge in [-0.25, -0.2) is 0 Å². The Balaban J connectivity index is 1.77. The second-order valence-corrected chi connectivity index (χ2v) is 10.3. The summed E-state index contributed by atoms with van der Waals surface area (Å²) in [6.07, 6.45) is 6.82. The lowest BCUT2D eigenvalue weighted by molar-refractivity contribution is 0.0314. The third kappa shape index (κ3) is 10.8. The molecular weight excluding hydrogens is 436 g/mol. The van der Waals surface area contributed by atoms with Crippen molar-refractivity contribution in [2.75, 3.05) is 26.4 Å². The highest BCUT2D eigenvalue weighted by molar-refractivity contribution is 5.39. The van der Waals surface area contributed by atoms with Crippen molar-refractivity contribution in [3.05, 3.63) is 70.8 Å². The maximum absolute atomic E-state index is 9.73. The maximum atomic E-state index is 9.73. The number of hydrogen-bond donors (Lipinski definition) is 2. The zero-order valence-corrected chi connectivity index (χ0v) is 22.5. The van der Waals surface area contributed by atoms with E-state index in [4.69, 9.17) is 9.47 Å². The Kier molecular flexibility index (Phi) is 13.6. The summed E-state index contributed by atoms with van der Waals surface area (Å²) in [6, 6.07) is 17.9. The summed E-state index contributed by atoms with van der Waals surface area (Å²) in [5.41, 5.74) is 5.21. The van der Waals surface area contributed by atoms with Crippen molar-refractivity contribution in [1.29, 1.82) is 0 Å². The average Bonchev–Trinajstić information content (AvgIpc) is 2.84. The van der Waals surface area contributed by atoms with E-state index in [0.717, 1.165) is 51.4 Å². The maximum Gasteiger partial charge on any atom is 0.0773 e. The first-order valence-electron chi connectivity index (χ1n) is 13.6. The highest BCUT2D eigenvalue weighted by Gasteiger charge is 2.22. The Morgan fingerprint density at radius 1 is 0.657 bits per heavy atom. The summed E-state index contributed by atoms with van der Waals surface area (Å²) in [5, 5.41) is 19.5. The van der Waals surface area contributed by atoms with Gasteiger partial charge in [0.2, 0.25) is 0 Å². The molecule has 0 fully saturated rings. The highest BCUT2D eigenvalue weighted by atomic mass is 16.5. The van der Waals surface area contributed by atoms with Gasteiger partial charge >= 0.3 is 0 Å². The minimum absolute atomic E-state index is 0.0614. The van der Waals surface area contributed by atoms with Gasteiger partial charge in [0.05, 0.1) is 25.4 Å². The lowest BCUT2D eigenvalue weighted by Gasteiger charge is -2.26. The molecule has 2 unspecified atom stereocenters. The molecule has 2 N–H and O–H groups in total. The molecule has 2 aromatic carbocycles. The summed E-state index contributed by atoms with van der Waals surface area (Å²) in [4.78, 5) is 0. The molecular formula is C31H48O4. The van der Waals surface area contributed by atoms with Crippen molar-refractivity contribution < 1.29 is 19.7 Å². The van der Waals surface area contributed by atoms with Gasteiger partial charge in [-0.1, -0.05) is 89.1 Å². The van der Waals surface area contributed by atoms with Crippen LogP contribution in [0.3, 0.4) is 0 Å². The molecule has 4 nitrogen and oxygen atoms in total. The van der Waals surface area contributed by atoms with Crippen molar-refractivity contribution in [2.24, 2.45) is 0 Å². The predicted octanol–water partition coefficient (Wildman–Crippen LogP) is 6.23. The Labute approximate surface area is 213 Å². The summed E-state index contributed by atoms with van der Waals surface area (Å²) in [7, 11) is 0. The van der Waals surface area contributed by atoms with E-state index in [1.165, 1.54) is 22.3 Å². The van der Waals surface area contributed by atoms with Crippen LogP contribution in [0.2, 0.25) is 0 Å². The summed E-state index contributed by atoms with van der Waals surface area (Å²) in [5.74, 6) is 0. The number of aliphatic hydroxyl groups excluding tert-OH is 2. The van der Waals surface area contributed by atoms with E-state index in [-0.39, 0.29) is 17.6 Å². The Bertz CT molecular complexity index is 730. The number of benzene rings is 2. The third-order valence-corrected chi connectivity index (χ3v) is 6.72. The van der Waals surface area contributed by atoms with Gasteiger partial charge in [0.25, 0.3) is 0 Å². The first-order chi connectivity index (χ1) is 16.9. The van der Waals surface area contributed by atoms with Crippen LogP contribution >= 0.6 is 0 Å². The van der Waals surface area contributed by atoms with Gasteiger partial charge in [0, 0.05) is 18.6 Å².